The largest absolute Gasteiger partial charge is 0.240 e. The van der Waals surface area contributed by atoms with Gasteiger partial charge >= 0.3 is 0 Å². The maximum atomic E-state index is 12.0. The number of benzene rings is 1. The molecule has 1 aromatic carbocycles. The molecule has 0 bridgehead atoms. The summed E-state index contributed by atoms with van der Waals surface area (Å²) in [4.78, 5) is 0.273. The molecule has 5 heteroatoms. The molecule has 0 aliphatic rings. The van der Waals surface area contributed by atoms with Crippen molar-refractivity contribution in [1.82, 2.24) is 4.72 Å². The van der Waals surface area contributed by atoms with E-state index >= 15 is 0 Å². The van der Waals surface area contributed by atoms with E-state index in [4.69, 9.17) is 11.6 Å². The molecule has 0 spiro atoms. The molecule has 1 N–H and O–H groups in total. The first kappa shape index (κ1) is 15.5. The Kier molecular flexibility index (Phi) is 5.20. The van der Waals surface area contributed by atoms with Gasteiger partial charge in [0.2, 0.25) is 10.0 Å². The van der Waals surface area contributed by atoms with Crippen LogP contribution in [0.4, 0.5) is 0 Å². The van der Waals surface area contributed by atoms with Crippen LogP contribution in [0.15, 0.2) is 29.2 Å². The van der Waals surface area contributed by atoms with Crippen LogP contribution in [0.3, 0.4) is 0 Å². The molecule has 18 heavy (non-hydrogen) atoms. The summed E-state index contributed by atoms with van der Waals surface area (Å²) in [7, 11) is -3.42. The lowest BCUT2D eigenvalue weighted by molar-refractivity contribution is 0.378. The first-order valence-corrected chi connectivity index (χ1v) is 7.91. The van der Waals surface area contributed by atoms with Gasteiger partial charge in [-0.05, 0) is 29.5 Å². The van der Waals surface area contributed by atoms with Gasteiger partial charge in [0.05, 0.1) is 4.90 Å². The summed E-state index contributed by atoms with van der Waals surface area (Å²) in [6.45, 7) is 6.68. The normalized spacial score (nSPS) is 12.7. The number of nitrogens with one attached hydrogen (secondary N) is 1. The van der Waals surface area contributed by atoms with Gasteiger partial charge in [0.25, 0.3) is 0 Å². The van der Waals surface area contributed by atoms with Crippen molar-refractivity contribution in [3.8, 4) is 0 Å². The maximum absolute atomic E-state index is 12.0. The van der Waals surface area contributed by atoms with Gasteiger partial charge in [-0.25, -0.2) is 13.1 Å². The number of hydrogen-bond acceptors (Lipinski definition) is 2. The highest BCUT2D eigenvalue weighted by Gasteiger charge is 2.16. The summed E-state index contributed by atoms with van der Waals surface area (Å²) in [5.74, 6) is 0.311. The zero-order valence-electron chi connectivity index (χ0n) is 11.0. The molecule has 1 aromatic rings. The van der Waals surface area contributed by atoms with E-state index in [1.165, 1.54) is 0 Å². The van der Waals surface area contributed by atoms with Crippen LogP contribution in [0.25, 0.3) is 0 Å². The Morgan fingerprint density at radius 2 is 1.94 bits per heavy atom. The van der Waals surface area contributed by atoms with E-state index in [9.17, 15) is 8.42 Å². The molecule has 0 amide bonds. The second-order valence-electron chi connectivity index (χ2n) is 5.49. The molecule has 0 radical (unpaired) electrons. The molecule has 0 aliphatic carbocycles. The highest BCUT2D eigenvalue weighted by molar-refractivity contribution is 7.89. The topological polar surface area (TPSA) is 46.2 Å². The van der Waals surface area contributed by atoms with Crippen molar-refractivity contribution in [2.75, 3.05) is 6.54 Å². The third-order valence-corrected chi connectivity index (χ3v) is 4.30. The molecule has 0 saturated heterocycles. The molecule has 1 rings (SSSR count). The molecule has 0 saturated carbocycles. The first-order valence-electron chi connectivity index (χ1n) is 5.89. The Balaban J connectivity index is 2.74. The van der Waals surface area contributed by atoms with E-state index in [1.807, 2.05) is 0 Å². The lowest BCUT2D eigenvalue weighted by Gasteiger charge is -2.18. The third-order valence-electron chi connectivity index (χ3n) is 2.53. The van der Waals surface area contributed by atoms with Gasteiger partial charge < -0.3 is 0 Å². The standard InChI is InChI=1S/C13H20ClNO2S/c1-13(2,3)7-8-15-18(16,17)12-6-4-5-11(9-12)10-14/h4-6,9,15H,7-8,10H2,1-3H3. The number of halogens is 1. The van der Waals surface area contributed by atoms with Crippen molar-refractivity contribution in [3.63, 3.8) is 0 Å². The van der Waals surface area contributed by atoms with Gasteiger partial charge in [-0.3, -0.25) is 0 Å². The van der Waals surface area contributed by atoms with Crippen LogP contribution in [-0.2, 0) is 15.9 Å². The van der Waals surface area contributed by atoms with Crippen LogP contribution in [0.5, 0.6) is 0 Å². The number of rotatable bonds is 5. The summed E-state index contributed by atoms with van der Waals surface area (Å²) in [6.07, 6.45) is 0.793. The van der Waals surface area contributed by atoms with Crippen molar-refractivity contribution >= 4 is 21.6 Å². The smallest absolute Gasteiger partial charge is 0.211 e. The summed E-state index contributed by atoms with van der Waals surface area (Å²) in [5.41, 5.74) is 0.913. The molecule has 102 valence electrons. The number of hydrogen-bond donors (Lipinski definition) is 1. The van der Waals surface area contributed by atoms with Crippen molar-refractivity contribution in [3.05, 3.63) is 29.8 Å². The summed E-state index contributed by atoms with van der Waals surface area (Å²) >= 11 is 5.70. The zero-order chi connectivity index (χ0) is 13.8. The highest BCUT2D eigenvalue weighted by atomic mass is 35.5. The van der Waals surface area contributed by atoms with E-state index in [1.54, 1.807) is 24.3 Å². The van der Waals surface area contributed by atoms with Crippen LogP contribution in [0.2, 0.25) is 0 Å². The molecule has 3 nitrogen and oxygen atoms in total. The van der Waals surface area contributed by atoms with Gasteiger partial charge in [0.1, 0.15) is 0 Å². The second-order valence-corrected chi connectivity index (χ2v) is 7.52. The summed E-state index contributed by atoms with van der Waals surface area (Å²) in [5, 5.41) is 0. The van der Waals surface area contributed by atoms with Crippen molar-refractivity contribution in [2.45, 2.75) is 38.0 Å². The molecular formula is C13H20ClNO2S. The van der Waals surface area contributed by atoms with E-state index in [-0.39, 0.29) is 10.3 Å². The Hall–Kier alpha value is -0.580. The van der Waals surface area contributed by atoms with E-state index in [2.05, 4.69) is 25.5 Å². The first-order chi connectivity index (χ1) is 8.24. The second kappa shape index (κ2) is 6.04. The van der Waals surface area contributed by atoms with E-state index in [0.717, 1.165) is 12.0 Å². The molecule has 0 fully saturated rings. The molecule has 0 atom stereocenters. The average Bonchev–Trinajstić information content (AvgIpc) is 2.27. The Labute approximate surface area is 115 Å². The van der Waals surface area contributed by atoms with Gasteiger partial charge in [0, 0.05) is 12.4 Å². The average molecular weight is 290 g/mol. The Bertz CT molecular complexity index is 492. The van der Waals surface area contributed by atoms with Gasteiger partial charge in [0.15, 0.2) is 0 Å². The number of alkyl halides is 1. The number of sulfonamides is 1. The van der Waals surface area contributed by atoms with Gasteiger partial charge in [-0.1, -0.05) is 32.9 Å². The fourth-order valence-electron chi connectivity index (χ4n) is 1.44. The lowest BCUT2D eigenvalue weighted by atomic mass is 9.93. The lowest BCUT2D eigenvalue weighted by Crippen LogP contribution is -2.27. The van der Waals surface area contributed by atoms with E-state index in [0.29, 0.717) is 12.4 Å². The predicted octanol–water partition coefficient (Wildman–Crippen LogP) is 3.14. The van der Waals surface area contributed by atoms with Crippen molar-refractivity contribution < 1.29 is 8.42 Å². The SMILES string of the molecule is CC(C)(C)CCNS(=O)(=O)c1cccc(CCl)c1. The zero-order valence-corrected chi connectivity index (χ0v) is 12.6. The minimum atomic E-state index is -3.42. The van der Waals surface area contributed by atoms with Crippen LogP contribution >= 0.6 is 11.6 Å². The van der Waals surface area contributed by atoms with Gasteiger partial charge in [-0.2, -0.15) is 0 Å². The third kappa shape index (κ3) is 4.96. The van der Waals surface area contributed by atoms with Gasteiger partial charge in [-0.15, -0.1) is 11.6 Å². The van der Waals surface area contributed by atoms with Crippen LogP contribution in [0.1, 0.15) is 32.8 Å². The fraction of sp³-hybridized carbons (Fsp3) is 0.538. The quantitative estimate of drug-likeness (QED) is 0.847. The highest BCUT2D eigenvalue weighted by Crippen LogP contribution is 2.18. The maximum Gasteiger partial charge on any atom is 0.240 e. The summed E-state index contributed by atoms with van der Waals surface area (Å²) in [6, 6.07) is 6.69. The molecular weight excluding hydrogens is 270 g/mol. The van der Waals surface area contributed by atoms with Crippen LogP contribution < -0.4 is 4.72 Å². The molecule has 0 aliphatic heterocycles. The Morgan fingerprint density at radius 3 is 2.50 bits per heavy atom. The predicted molar refractivity (Wildman–Crippen MR) is 75.3 cm³/mol. The summed E-state index contributed by atoms with van der Waals surface area (Å²) < 4.78 is 26.7. The van der Waals surface area contributed by atoms with E-state index < -0.39 is 10.0 Å². The molecule has 0 heterocycles. The minimum Gasteiger partial charge on any atom is -0.211 e. The van der Waals surface area contributed by atoms with Crippen molar-refractivity contribution in [1.29, 1.82) is 0 Å². The minimum absolute atomic E-state index is 0.112. The molecule has 0 aromatic heterocycles. The Morgan fingerprint density at radius 1 is 1.28 bits per heavy atom. The van der Waals surface area contributed by atoms with Crippen molar-refractivity contribution in [2.24, 2.45) is 5.41 Å². The fourth-order valence-corrected chi connectivity index (χ4v) is 2.71. The van der Waals surface area contributed by atoms with Crippen LogP contribution in [-0.4, -0.2) is 15.0 Å². The van der Waals surface area contributed by atoms with Crippen LogP contribution in [0, 0.1) is 5.41 Å². The monoisotopic (exact) mass is 289 g/mol. The molecule has 0 unspecified atom stereocenters.